The zero-order valence-corrected chi connectivity index (χ0v) is 28.3. The molecule has 0 amide bonds. The fourth-order valence-electron chi connectivity index (χ4n) is 4.86. The van der Waals surface area contributed by atoms with Gasteiger partial charge in [0.25, 0.3) is 0 Å². The van der Waals surface area contributed by atoms with Crippen molar-refractivity contribution in [2.45, 2.75) is 90.4 Å². The minimum absolute atomic E-state index is 0.340. The van der Waals surface area contributed by atoms with E-state index < -0.39 is 11.9 Å². The zero-order valence-electron chi connectivity index (χ0n) is 28.3. The molecule has 0 aliphatic rings. The molecule has 0 aliphatic heterocycles. The highest BCUT2D eigenvalue weighted by Crippen LogP contribution is 2.22. The van der Waals surface area contributed by atoms with Gasteiger partial charge in [-0.1, -0.05) is 77.7 Å². The van der Waals surface area contributed by atoms with E-state index in [9.17, 15) is 14.4 Å². The third-order valence-electron chi connectivity index (χ3n) is 7.66. The number of esters is 3. The number of ether oxygens (including phenoxy) is 5. The van der Waals surface area contributed by atoms with E-state index in [1.54, 1.807) is 72.8 Å². The van der Waals surface area contributed by atoms with Gasteiger partial charge in [-0.05, 0) is 92.1 Å². The van der Waals surface area contributed by atoms with Gasteiger partial charge in [0.15, 0.2) is 0 Å². The summed E-state index contributed by atoms with van der Waals surface area (Å²) in [5, 5.41) is 0. The number of hydrogen-bond acceptors (Lipinski definition) is 8. The van der Waals surface area contributed by atoms with E-state index in [2.05, 4.69) is 13.5 Å². The van der Waals surface area contributed by atoms with Crippen molar-refractivity contribution >= 4 is 17.9 Å². The predicted octanol–water partition coefficient (Wildman–Crippen LogP) is 9.70. The lowest BCUT2D eigenvalue weighted by molar-refractivity contribution is -0.137. The van der Waals surface area contributed by atoms with Gasteiger partial charge in [0.05, 0.1) is 30.9 Å². The molecule has 8 heteroatoms. The average Bonchev–Trinajstić information content (AvgIpc) is 3.11. The van der Waals surface area contributed by atoms with Gasteiger partial charge in [-0.3, -0.25) is 0 Å². The topological polar surface area (TPSA) is 97.4 Å². The lowest BCUT2D eigenvalue weighted by atomic mass is 10.1. The van der Waals surface area contributed by atoms with Crippen LogP contribution in [-0.4, -0.2) is 37.7 Å². The Bertz CT molecular complexity index is 1360. The highest BCUT2D eigenvalue weighted by atomic mass is 16.5. The summed E-state index contributed by atoms with van der Waals surface area (Å²) in [6.45, 7) is 7.32. The molecular weight excluding hydrogens is 608 g/mol. The Morgan fingerprint density at radius 3 is 1.25 bits per heavy atom. The fraction of sp³-hybridized carbons (Fsp3) is 0.425. The van der Waals surface area contributed by atoms with Crippen molar-refractivity contribution in [2.24, 2.45) is 0 Å². The Labute approximate surface area is 285 Å². The number of carbonyl (C=O) groups is 3. The van der Waals surface area contributed by atoms with Crippen molar-refractivity contribution in [3.05, 3.63) is 96.6 Å². The molecule has 48 heavy (non-hydrogen) atoms. The number of unbranched alkanes of at least 4 members (excludes halogenated alkanes) is 11. The maximum absolute atomic E-state index is 12.6. The summed E-state index contributed by atoms with van der Waals surface area (Å²) in [5.41, 5.74) is 0.821. The lowest BCUT2D eigenvalue weighted by Crippen LogP contribution is -2.09. The van der Waals surface area contributed by atoms with Crippen molar-refractivity contribution in [3.63, 3.8) is 0 Å². The van der Waals surface area contributed by atoms with Crippen molar-refractivity contribution in [1.29, 1.82) is 0 Å². The smallest absolute Gasteiger partial charge is 0.343 e. The molecule has 3 aromatic rings. The number of carbonyl (C=O) groups excluding carboxylic acids is 3. The minimum atomic E-state index is -0.491. The monoisotopic (exact) mass is 658 g/mol. The molecule has 258 valence electrons. The van der Waals surface area contributed by atoms with Crippen molar-refractivity contribution in [3.8, 4) is 23.0 Å². The second-order valence-electron chi connectivity index (χ2n) is 11.6. The molecule has 0 atom stereocenters. The Balaban J connectivity index is 1.27. The second kappa shape index (κ2) is 22.9. The number of rotatable bonds is 24. The molecule has 0 heterocycles. The summed E-state index contributed by atoms with van der Waals surface area (Å²) in [4.78, 5) is 36.2. The number of benzene rings is 3. The van der Waals surface area contributed by atoms with Gasteiger partial charge in [0.1, 0.15) is 23.0 Å². The van der Waals surface area contributed by atoms with E-state index in [0.29, 0.717) is 48.2 Å². The molecule has 0 aliphatic carbocycles. The summed E-state index contributed by atoms with van der Waals surface area (Å²) in [5.74, 6) is 0.789. The number of hydrogen-bond donors (Lipinski definition) is 0. The Morgan fingerprint density at radius 2 is 0.854 bits per heavy atom. The standard InChI is InChI=1S/C40H50O8/c1-3-5-6-14-29-44-34-21-17-32(18-22-34)39(42)47-36-25-27-37(28-26-36)48-40(43)33-19-23-35(24-20-33)45-30-15-12-10-8-7-9-11-13-16-31-46-38(41)4-2/h4,17-28H,2-3,5-16,29-31H2,1H3. The molecule has 0 saturated heterocycles. The van der Waals surface area contributed by atoms with Crippen LogP contribution in [0, 0.1) is 0 Å². The molecule has 0 aromatic heterocycles. The molecule has 3 rings (SSSR count). The molecule has 0 unspecified atom stereocenters. The van der Waals surface area contributed by atoms with E-state index >= 15 is 0 Å². The minimum Gasteiger partial charge on any atom is -0.494 e. The Kier molecular flexibility index (Phi) is 18.0. The molecule has 3 aromatic carbocycles. The SMILES string of the molecule is C=CC(=O)OCCCCCCCCCCCOc1ccc(C(=O)Oc2ccc(OC(=O)c3ccc(OCCCCCC)cc3)cc2)cc1. The van der Waals surface area contributed by atoms with Crippen LogP contribution < -0.4 is 18.9 Å². The van der Waals surface area contributed by atoms with Crippen LogP contribution in [0.1, 0.15) is 111 Å². The van der Waals surface area contributed by atoms with E-state index in [-0.39, 0.29) is 5.97 Å². The summed E-state index contributed by atoms with van der Waals surface area (Å²) in [6, 6.07) is 20.1. The lowest BCUT2D eigenvalue weighted by Gasteiger charge is -2.09. The molecule has 0 saturated carbocycles. The van der Waals surface area contributed by atoms with Crippen LogP contribution >= 0.6 is 0 Å². The molecule has 8 nitrogen and oxygen atoms in total. The van der Waals surface area contributed by atoms with Gasteiger partial charge < -0.3 is 23.7 Å². The first-order chi connectivity index (χ1) is 23.5. The average molecular weight is 659 g/mol. The molecule has 0 bridgehead atoms. The largest absolute Gasteiger partial charge is 0.494 e. The van der Waals surface area contributed by atoms with Crippen molar-refractivity contribution < 1.29 is 38.1 Å². The van der Waals surface area contributed by atoms with E-state index in [1.807, 2.05) is 0 Å². The third-order valence-corrected chi connectivity index (χ3v) is 7.66. The molecule has 0 fully saturated rings. The molecule has 0 spiro atoms. The van der Waals surface area contributed by atoms with Crippen LogP contribution in [0.25, 0.3) is 0 Å². The van der Waals surface area contributed by atoms with Crippen LogP contribution in [0.3, 0.4) is 0 Å². The van der Waals surface area contributed by atoms with Crippen molar-refractivity contribution in [1.82, 2.24) is 0 Å². The first kappa shape index (κ1) is 37.9. The normalized spacial score (nSPS) is 10.6. The highest BCUT2D eigenvalue weighted by molar-refractivity contribution is 5.92. The first-order valence-corrected chi connectivity index (χ1v) is 17.3. The van der Waals surface area contributed by atoms with Crippen molar-refractivity contribution in [2.75, 3.05) is 19.8 Å². The Hall–Kier alpha value is -4.59. The molecular formula is C40H50O8. The summed E-state index contributed by atoms with van der Waals surface area (Å²) < 4.78 is 27.5. The predicted molar refractivity (Wildman–Crippen MR) is 187 cm³/mol. The quantitative estimate of drug-likeness (QED) is 0.0406. The maximum Gasteiger partial charge on any atom is 0.343 e. The molecule has 0 radical (unpaired) electrons. The molecule has 0 N–H and O–H groups in total. The van der Waals surface area contributed by atoms with E-state index in [4.69, 9.17) is 23.7 Å². The van der Waals surface area contributed by atoms with Gasteiger partial charge in [-0.2, -0.15) is 0 Å². The van der Waals surface area contributed by atoms with E-state index in [0.717, 1.165) is 50.7 Å². The van der Waals surface area contributed by atoms with E-state index in [1.165, 1.54) is 44.6 Å². The first-order valence-electron chi connectivity index (χ1n) is 17.3. The maximum atomic E-state index is 12.6. The summed E-state index contributed by atoms with van der Waals surface area (Å²) in [6.07, 6.45) is 15.8. The zero-order chi connectivity index (χ0) is 34.2. The Morgan fingerprint density at radius 1 is 0.500 bits per heavy atom. The summed E-state index contributed by atoms with van der Waals surface area (Å²) >= 11 is 0. The van der Waals surface area contributed by atoms with Gasteiger partial charge >= 0.3 is 17.9 Å². The fourth-order valence-corrected chi connectivity index (χ4v) is 4.86. The highest BCUT2D eigenvalue weighted by Gasteiger charge is 2.12. The van der Waals surface area contributed by atoms with Crippen LogP contribution in [0.15, 0.2) is 85.5 Å². The van der Waals surface area contributed by atoms with Crippen LogP contribution in [0.2, 0.25) is 0 Å². The third kappa shape index (κ3) is 15.3. The van der Waals surface area contributed by atoms with Crippen LogP contribution in [0.4, 0.5) is 0 Å². The van der Waals surface area contributed by atoms with Gasteiger partial charge in [-0.15, -0.1) is 0 Å². The van der Waals surface area contributed by atoms with Gasteiger partial charge in [-0.25, -0.2) is 14.4 Å². The van der Waals surface area contributed by atoms with Gasteiger partial charge in [0, 0.05) is 6.08 Å². The van der Waals surface area contributed by atoms with Crippen LogP contribution in [0.5, 0.6) is 23.0 Å². The summed E-state index contributed by atoms with van der Waals surface area (Å²) in [7, 11) is 0. The second-order valence-corrected chi connectivity index (χ2v) is 11.6. The van der Waals surface area contributed by atoms with Crippen LogP contribution in [-0.2, 0) is 9.53 Å². The van der Waals surface area contributed by atoms with Gasteiger partial charge in [0.2, 0.25) is 0 Å².